The number of aliphatic hydroxyl groups is 4. The van der Waals surface area contributed by atoms with Crippen LogP contribution in [0.3, 0.4) is 0 Å². The number of hydrogen-bond donors (Lipinski definition) is 6. The highest BCUT2D eigenvalue weighted by Crippen LogP contribution is 2.53. The quantitative estimate of drug-likeness (QED) is 0.145. The lowest BCUT2D eigenvalue weighted by Gasteiger charge is -2.39. The molecule has 0 spiro atoms. The number of amides is 1. The maximum atomic E-state index is 14.0. The minimum absolute atomic E-state index is 0.00899. The molecule has 5 rings (SSSR count). The van der Waals surface area contributed by atoms with Gasteiger partial charge in [-0.2, -0.15) is 0 Å². The van der Waals surface area contributed by atoms with Crippen molar-refractivity contribution >= 4 is 40.9 Å². The van der Waals surface area contributed by atoms with Crippen molar-refractivity contribution in [2.45, 2.75) is 99.3 Å². The lowest BCUT2D eigenvalue weighted by molar-refractivity contribution is -0.171. The molecular weight excluding hydrogens is 758 g/mol. The minimum atomic E-state index is -2.20. The fourth-order valence-electron chi connectivity index (χ4n) is 7.67. The number of carbonyl (C=O) groups is 5. The van der Waals surface area contributed by atoms with E-state index in [0.29, 0.717) is 0 Å². The predicted octanol–water partition coefficient (Wildman–Crippen LogP) is 3.68. The second-order valence-corrected chi connectivity index (χ2v) is 15.3. The summed E-state index contributed by atoms with van der Waals surface area (Å²) >= 11 is 0. The highest BCUT2D eigenvalue weighted by molar-refractivity contribution is 6.21. The van der Waals surface area contributed by atoms with Crippen LogP contribution >= 0.6 is 0 Å². The molecule has 3 aliphatic heterocycles. The van der Waals surface area contributed by atoms with E-state index in [1.165, 1.54) is 66.7 Å². The Morgan fingerprint density at radius 1 is 0.897 bits per heavy atom. The second kappa shape index (κ2) is 17.7. The summed E-state index contributed by atoms with van der Waals surface area (Å²) < 4.78 is 28.0. The molecule has 3 heterocycles. The zero-order valence-electron chi connectivity index (χ0n) is 34.5. The number of rotatable bonds is 3. The van der Waals surface area contributed by atoms with Crippen LogP contribution in [0.4, 0.5) is 5.69 Å². The van der Waals surface area contributed by atoms with Gasteiger partial charge in [0.05, 0.1) is 42.2 Å². The maximum absolute atomic E-state index is 14.0. The van der Waals surface area contributed by atoms with Gasteiger partial charge < -0.3 is 54.5 Å². The molecule has 9 atom stereocenters. The van der Waals surface area contributed by atoms with E-state index >= 15 is 0 Å². The van der Waals surface area contributed by atoms with Crippen LogP contribution in [0, 0.1) is 30.6 Å². The number of anilines is 1. The van der Waals surface area contributed by atoms with Gasteiger partial charge in [-0.05, 0) is 46.3 Å². The molecule has 1 amide bonds. The molecule has 6 N–H and O–H groups in total. The smallest absolute Gasteiger partial charge is 0.313 e. The van der Waals surface area contributed by atoms with Crippen molar-refractivity contribution in [1.82, 2.24) is 0 Å². The monoisotopic (exact) mass is 811 g/mol. The van der Waals surface area contributed by atoms with Crippen LogP contribution in [-0.4, -0.2) is 99.1 Å². The molecule has 4 bridgehead atoms. The van der Waals surface area contributed by atoms with E-state index in [2.05, 4.69) is 5.32 Å². The van der Waals surface area contributed by atoms with E-state index in [4.69, 9.17) is 23.7 Å². The first-order valence-corrected chi connectivity index (χ1v) is 18.7. The summed E-state index contributed by atoms with van der Waals surface area (Å²) in [6.45, 7) is 13.5. The van der Waals surface area contributed by atoms with Gasteiger partial charge in [0.25, 0.3) is 5.91 Å². The van der Waals surface area contributed by atoms with E-state index in [1.54, 1.807) is 13.0 Å². The van der Waals surface area contributed by atoms with Crippen molar-refractivity contribution in [2.24, 2.45) is 23.7 Å². The van der Waals surface area contributed by atoms with Crippen LogP contribution in [-0.2, 0) is 38.1 Å². The summed E-state index contributed by atoms with van der Waals surface area (Å²) in [7, 11) is 1.05. The van der Waals surface area contributed by atoms with Crippen molar-refractivity contribution in [3.05, 3.63) is 69.2 Å². The van der Waals surface area contributed by atoms with Gasteiger partial charge in [0.1, 0.15) is 34.9 Å². The molecule has 0 aromatic heterocycles. The van der Waals surface area contributed by atoms with Crippen molar-refractivity contribution in [1.29, 1.82) is 0 Å². The largest absolute Gasteiger partial charge is 0.505 e. The zero-order chi connectivity index (χ0) is 43.7. The van der Waals surface area contributed by atoms with Crippen LogP contribution in [0.2, 0.25) is 0 Å². The first kappa shape index (κ1) is 45.4. The molecule has 16 heteroatoms. The molecule has 4 aliphatic rings. The Bertz CT molecular complexity index is 2040. The molecule has 0 saturated carbocycles. The standard InChI is InChI=1S/C42H53NO15/c1-17-13-12-14-18(2)40(51)43-30-20(4)38(58-25(9)45)26-27(34(30)49)31(46)22(6)37-28(26)36(55-16-56-37)19(3)15-42(10,53)39(50)23(7)33(48)29(41(52)54-11)32(47)21(5)35(17)57-24(8)44/h12-15,17,21,23,29,32-33,35,39,47-50,53H,16H2,1-11H3,(H,43,51)/t17-,21+,23+,29-,32-,33-,35-,39-,42+/m1/s1. The van der Waals surface area contributed by atoms with Gasteiger partial charge >= 0.3 is 17.9 Å². The number of phenols is 1. The number of nitrogens with one attached hydrogen (secondary N) is 1. The summed E-state index contributed by atoms with van der Waals surface area (Å²) in [5.74, 6) is -9.54. The third-order valence-electron chi connectivity index (χ3n) is 10.9. The molecule has 0 radical (unpaired) electrons. The SMILES string of the molecule is COC(=O)[C@@H]1[C@H](O)[C@H](C)[C@H](OC(C)=O)[C@H](C)C=CC=C(C)C(=O)Nc2c(C)c(OC(C)=O)c3c(c2O)C(=O)C(C)=C2OCOC(=C23)C(C)=C[C@](C)(O)[C@H](O)[C@@H](C)[C@H]1O. The van der Waals surface area contributed by atoms with E-state index in [1.807, 2.05) is 0 Å². The lowest BCUT2D eigenvalue weighted by atomic mass is 9.75. The van der Waals surface area contributed by atoms with Gasteiger partial charge in [-0.15, -0.1) is 0 Å². The first-order chi connectivity index (χ1) is 27.0. The van der Waals surface area contributed by atoms with Crippen molar-refractivity contribution in [3.8, 4) is 11.5 Å². The van der Waals surface area contributed by atoms with Gasteiger partial charge in [-0.1, -0.05) is 39.0 Å². The number of allylic oxidation sites excluding steroid dienone is 5. The lowest BCUT2D eigenvalue weighted by Crippen LogP contribution is -2.53. The van der Waals surface area contributed by atoms with Crippen molar-refractivity contribution < 1.29 is 73.2 Å². The second-order valence-electron chi connectivity index (χ2n) is 15.3. The number of ketones is 1. The number of esters is 3. The predicted molar refractivity (Wildman–Crippen MR) is 208 cm³/mol. The Labute approximate surface area is 336 Å². The molecule has 58 heavy (non-hydrogen) atoms. The number of phenolic OH excluding ortho intramolecular Hbond substituents is 1. The van der Waals surface area contributed by atoms with Crippen LogP contribution in [0.25, 0.3) is 5.57 Å². The summed E-state index contributed by atoms with van der Waals surface area (Å²) in [6.07, 6.45) is -0.755. The van der Waals surface area contributed by atoms with Crippen molar-refractivity contribution in [3.63, 3.8) is 0 Å². The average molecular weight is 812 g/mol. The molecular formula is C42H53NO15. The fourth-order valence-corrected chi connectivity index (χ4v) is 7.67. The number of Topliss-reactive ketones (excluding diaryl/α,β-unsaturated/α-hetero) is 1. The summed E-state index contributed by atoms with van der Waals surface area (Å²) in [5, 5.41) is 61.2. The molecule has 1 aromatic rings. The Kier molecular flexibility index (Phi) is 13.8. The van der Waals surface area contributed by atoms with Crippen LogP contribution in [0.1, 0.15) is 83.8 Å². The van der Waals surface area contributed by atoms with Crippen LogP contribution in [0.5, 0.6) is 11.5 Å². The van der Waals surface area contributed by atoms with E-state index in [9.17, 15) is 49.5 Å². The molecule has 316 valence electrons. The highest BCUT2D eigenvalue weighted by Gasteiger charge is 2.48. The molecule has 16 nitrogen and oxygen atoms in total. The number of fused-ring (bicyclic) bond motifs is 14. The summed E-state index contributed by atoms with van der Waals surface area (Å²) in [5.41, 5.74) is -2.47. The number of ether oxygens (including phenoxy) is 5. The fraction of sp³-hybridized carbons (Fsp3) is 0.500. The first-order valence-electron chi connectivity index (χ1n) is 18.7. The average Bonchev–Trinajstić information content (AvgIpc) is 3.16. The Morgan fingerprint density at radius 3 is 2.09 bits per heavy atom. The van der Waals surface area contributed by atoms with Gasteiger partial charge in [0.15, 0.2) is 11.5 Å². The summed E-state index contributed by atoms with van der Waals surface area (Å²) in [4.78, 5) is 65.7. The van der Waals surface area contributed by atoms with E-state index in [0.717, 1.165) is 21.0 Å². The molecule has 0 fully saturated rings. The van der Waals surface area contributed by atoms with E-state index in [-0.39, 0.29) is 61.9 Å². The third-order valence-corrected chi connectivity index (χ3v) is 10.9. The van der Waals surface area contributed by atoms with Crippen LogP contribution < -0.4 is 10.1 Å². The van der Waals surface area contributed by atoms with Crippen molar-refractivity contribution in [2.75, 3.05) is 19.2 Å². The number of aliphatic hydroxyl groups excluding tert-OH is 3. The van der Waals surface area contributed by atoms with Gasteiger partial charge in [0, 0.05) is 53.9 Å². The number of carbonyl (C=O) groups excluding carboxylic acids is 5. The molecule has 1 aliphatic carbocycles. The van der Waals surface area contributed by atoms with Gasteiger partial charge in [-0.25, -0.2) is 0 Å². The molecule has 0 saturated heterocycles. The van der Waals surface area contributed by atoms with E-state index < -0.39 is 95.8 Å². The number of hydrogen-bond acceptors (Lipinski definition) is 15. The third kappa shape index (κ3) is 8.74. The van der Waals surface area contributed by atoms with Gasteiger partial charge in [0.2, 0.25) is 6.79 Å². The highest BCUT2D eigenvalue weighted by atomic mass is 16.7. The number of benzene rings is 1. The maximum Gasteiger partial charge on any atom is 0.313 e. The number of methoxy groups -OCH3 is 1. The van der Waals surface area contributed by atoms with Crippen LogP contribution in [0.15, 0.2) is 52.5 Å². The number of aromatic hydroxyl groups is 1. The zero-order valence-corrected chi connectivity index (χ0v) is 34.5. The molecule has 1 aromatic carbocycles. The molecule has 0 unspecified atom stereocenters. The topological polar surface area (TPSA) is 245 Å². The van der Waals surface area contributed by atoms with Gasteiger partial charge in [-0.3, -0.25) is 24.0 Å². The minimum Gasteiger partial charge on any atom is -0.505 e. The Hall–Kier alpha value is -5.29. The Balaban J connectivity index is 2.08. The summed E-state index contributed by atoms with van der Waals surface area (Å²) in [6, 6.07) is 0. The Morgan fingerprint density at radius 2 is 1.50 bits per heavy atom. The normalized spacial score (nSPS) is 29.7.